The first-order chi connectivity index (χ1) is 13.4. The van der Waals surface area contributed by atoms with Gasteiger partial charge in [-0.2, -0.15) is 0 Å². The lowest BCUT2D eigenvalue weighted by atomic mass is 10.1. The molecule has 140 valence electrons. The Kier molecular flexibility index (Phi) is 4.19. The topological polar surface area (TPSA) is 96.0 Å². The van der Waals surface area contributed by atoms with Gasteiger partial charge in [0.25, 0.3) is 0 Å². The molecule has 0 amide bonds. The molecule has 4 aromatic rings. The number of hydrogen-bond acceptors (Lipinski definition) is 7. The molecule has 0 aliphatic heterocycles. The van der Waals surface area contributed by atoms with E-state index in [1.807, 2.05) is 0 Å². The van der Waals surface area contributed by atoms with Gasteiger partial charge in [0, 0.05) is 22.9 Å². The van der Waals surface area contributed by atoms with Crippen LogP contribution in [0.4, 0.5) is 0 Å². The minimum Gasteiger partial charge on any atom is -0.497 e. The third kappa shape index (κ3) is 3.14. The lowest BCUT2D eigenvalue weighted by molar-refractivity contribution is 0.0730. The minimum absolute atomic E-state index is 0.136. The Labute approximate surface area is 157 Å². The Balaban J connectivity index is 1.71. The number of rotatable bonds is 3. The van der Waals surface area contributed by atoms with E-state index in [1.54, 1.807) is 37.3 Å². The summed E-state index contributed by atoms with van der Waals surface area (Å²) < 4.78 is 20.7. The zero-order chi connectivity index (χ0) is 19.8. The van der Waals surface area contributed by atoms with Crippen LogP contribution in [0.5, 0.6) is 11.5 Å². The van der Waals surface area contributed by atoms with Crippen LogP contribution in [0, 0.1) is 6.92 Å². The van der Waals surface area contributed by atoms with Crippen LogP contribution in [0.3, 0.4) is 0 Å². The summed E-state index contributed by atoms with van der Waals surface area (Å²) in [4.78, 5) is 36.2. The number of carbonyl (C=O) groups is 1. The van der Waals surface area contributed by atoms with Gasteiger partial charge in [-0.05, 0) is 48.9 Å². The molecule has 2 aromatic carbocycles. The highest BCUT2D eigenvalue weighted by Gasteiger charge is 2.17. The first kappa shape index (κ1) is 17.5. The van der Waals surface area contributed by atoms with Gasteiger partial charge >= 0.3 is 17.2 Å². The quantitative estimate of drug-likeness (QED) is 0.306. The number of aryl methyl sites for hydroxylation is 1. The molecule has 28 heavy (non-hydrogen) atoms. The molecule has 0 N–H and O–H groups in total. The summed E-state index contributed by atoms with van der Waals surface area (Å²) in [7, 11) is 1.51. The molecule has 7 nitrogen and oxygen atoms in total. The average molecular weight is 378 g/mol. The first-order valence-corrected chi connectivity index (χ1v) is 8.33. The smallest absolute Gasteiger partial charge is 0.351 e. The van der Waals surface area contributed by atoms with E-state index in [4.69, 9.17) is 18.3 Å². The molecule has 0 aliphatic carbocycles. The van der Waals surface area contributed by atoms with Crippen LogP contribution < -0.4 is 20.7 Å². The number of benzene rings is 2. The fraction of sp³-hybridized carbons (Fsp3) is 0.0952. The highest BCUT2D eigenvalue weighted by molar-refractivity contribution is 5.94. The Morgan fingerprint density at radius 2 is 1.68 bits per heavy atom. The number of fused-ring (bicyclic) bond motifs is 2. The van der Waals surface area contributed by atoms with E-state index in [1.165, 1.54) is 25.3 Å². The summed E-state index contributed by atoms with van der Waals surface area (Å²) in [5.41, 5.74) is -0.223. The maximum atomic E-state index is 12.5. The van der Waals surface area contributed by atoms with Crippen molar-refractivity contribution in [2.45, 2.75) is 6.92 Å². The molecule has 0 bridgehead atoms. The van der Waals surface area contributed by atoms with Crippen molar-refractivity contribution in [2.75, 3.05) is 7.11 Å². The Morgan fingerprint density at radius 1 is 0.893 bits per heavy atom. The normalized spacial score (nSPS) is 10.9. The number of esters is 1. The molecule has 0 radical (unpaired) electrons. The van der Waals surface area contributed by atoms with Crippen molar-refractivity contribution in [2.24, 2.45) is 0 Å². The number of ether oxygens (including phenoxy) is 2. The van der Waals surface area contributed by atoms with E-state index in [2.05, 4.69) is 0 Å². The fourth-order valence-electron chi connectivity index (χ4n) is 2.90. The van der Waals surface area contributed by atoms with Crippen LogP contribution in [-0.2, 0) is 0 Å². The van der Waals surface area contributed by atoms with Crippen LogP contribution >= 0.6 is 0 Å². The van der Waals surface area contributed by atoms with Gasteiger partial charge in [-0.3, -0.25) is 0 Å². The van der Waals surface area contributed by atoms with Crippen molar-refractivity contribution in [3.63, 3.8) is 0 Å². The van der Waals surface area contributed by atoms with Gasteiger partial charge in [-0.15, -0.1) is 0 Å². The zero-order valence-corrected chi connectivity index (χ0v) is 15.0. The van der Waals surface area contributed by atoms with Gasteiger partial charge in [0.05, 0.1) is 7.11 Å². The lowest BCUT2D eigenvalue weighted by Crippen LogP contribution is -2.18. The molecular weight excluding hydrogens is 364 g/mol. The van der Waals surface area contributed by atoms with Crippen molar-refractivity contribution < 1.29 is 23.1 Å². The molecule has 0 atom stereocenters. The van der Waals surface area contributed by atoms with Gasteiger partial charge in [-0.25, -0.2) is 14.4 Å². The number of hydrogen-bond donors (Lipinski definition) is 0. The van der Waals surface area contributed by atoms with Gasteiger partial charge < -0.3 is 18.3 Å². The summed E-state index contributed by atoms with van der Waals surface area (Å²) >= 11 is 0. The van der Waals surface area contributed by atoms with Gasteiger partial charge in [0.15, 0.2) is 0 Å². The van der Waals surface area contributed by atoms with Crippen LogP contribution in [0.25, 0.3) is 21.9 Å². The third-order valence-corrected chi connectivity index (χ3v) is 4.29. The molecule has 0 aliphatic rings. The molecule has 0 unspecified atom stereocenters. The minimum atomic E-state index is -0.882. The van der Waals surface area contributed by atoms with Crippen molar-refractivity contribution in [1.82, 2.24) is 0 Å². The van der Waals surface area contributed by atoms with E-state index in [-0.39, 0.29) is 16.9 Å². The molecule has 0 saturated heterocycles. The SMILES string of the molecule is COc1ccc2oc(=O)c(C(=O)Oc3ccc4c(C)cc(=O)oc4c3)cc2c1. The maximum absolute atomic E-state index is 12.5. The molecule has 2 aromatic heterocycles. The van der Waals surface area contributed by atoms with Crippen molar-refractivity contribution >= 4 is 27.9 Å². The first-order valence-electron chi connectivity index (χ1n) is 8.33. The monoisotopic (exact) mass is 378 g/mol. The standard InChI is InChI=1S/C21H14O7/c1-11-7-19(22)27-18-10-14(3-5-15(11)18)26-20(23)16-9-12-8-13(25-2)4-6-17(12)28-21(16)24/h3-10H,1-2H3. The van der Waals surface area contributed by atoms with Crippen molar-refractivity contribution in [3.05, 3.63) is 80.5 Å². The highest BCUT2D eigenvalue weighted by atomic mass is 16.5. The van der Waals surface area contributed by atoms with Crippen LogP contribution in [0.2, 0.25) is 0 Å². The van der Waals surface area contributed by atoms with Crippen LogP contribution in [-0.4, -0.2) is 13.1 Å². The second kappa shape index (κ2) is 6.70. The summed E-state index contributed by atoms with van der Waals surface area (Å²) in [5, 5.41) is 1.24. The largest absolute Gasteiger partial charge is 0.497 e. The molecule has 0 saturated carbocycles. The predicted molar refractivity (Wildman–Crippen MR) is 101 cm³/mol. The van der Waals surface area contributed by atoms with Gasteiger partial charge in [0.1, 0.15) is 28.2 Å². The summed E-state index contributed by atoms with van der Waals surface area (Å²) in [6, 6.07) is 12.3. The predicted octanol–water partition coefficient (Wildman–Crippen LogP) is 3.44. The second-order valence-corrected chi connectivity index (χ2v) is 6.15. The Morgan fingerprint density at radius 3 is 2.46 bits per heavy atom. The molecule has 7 heteroatoms. The molecular formula is C21H14O7. The molecule has 0 fully saturated rings. The highest BCUT2D eigenvalue weighted by Crippen LogP contribution is 2.24. The molecule has 4 rings (SSSR count). The van der Waals surface area contributed by atoms with Crippen LogP contribution in [0.15, 0.2) is 67.0 Å². The van der Waals surface area contributed by atoms with Gasteiger partial charge in [-0.1, -0.05) is 0 Å². The second-order valence-electron chi connectivity index (χ2n) is 6.15. The zero-order valence-electron chi connectivity index (χ0n) is 15.0. The lowest BCUT2D eigenvalue weighted by Gasteiger charge is -2.07. The van der Waals surface area contributed by atoms with E-state index in [9.17, 15) is 14.4 Å². The Hall–Kier alpha value is -3.87. The number of methoxy groups -OCH3 is 1. The van der Waals surface area contributed by atoms with Crippen molar-refractivity contribution in [3.8, 4) is 11.5 Å². The fourth-order valence-corrected chi connectivity index (χ4v) is 2.90. The average Bonchev–Trinajstić information content (AvgIpc) is 2.66. The van der Waals surface area contributed by atoms with E-state index >= 15 is 0 Å². The third-order valence-electron chi connectivity index (χ3n) is 4.29. The van der Waals surface area contributed by atoms with Gasteiger partial charge in [0.2, 0.25) is 0 Å². The van der Waals surface area contributed by atoms with E-state index < -0.39 is 17.2 Å². The summed E-state index contributed by atoms with van der Waals surface area (Å²) in [6.07, 6.45) is 0. The van der Waals surface area contributed by atoms with Crippen molar-refractivity contribution in [1.29, 1.82) is 0 Å². The molecule has 0 spiro atoms. The maximum Gasteiger partial charge on any atom is 0.351 e. The summed E-state index contributed by atoms with van der Waals surface area (Å²) in [6.45, 7) is 1.78. The Bertz CT molecular complexity index is 1340. The summed E-state index contributed by atoms with van der Waals surface area (Å²) in [5.74, 6) is -0.190. The number of carbonyl (C=O) groups excluding carboxylic acids is 1. The van der Waals surface area contributed by atoms with E-state index in [0.717, 1.165) is 10.9 Å². The van der Waals surface area contributed by atoms with Crippen LogP contribution in [0.1, 0.15) is 15.9 Å². The van der Waals surface area contributed by atoms with E-state index in [0.29, 0.717) is 16.7 Å². The molecule has 2 heterocycles.